The van der Waals surface area contributed by atoms with E-state index in [1.54, 1.807) is 0 Å². The van der Waals surface area contributed by atoms with Gasteiger partial charge in [-0.05, 0) is 57.4 Å². The zero-order chi connectivity index (χ0) is 18.0. The fourth-order valence-corrected chi connectivity index (χ4v) is 3.78. The molecule has 1 aliphatic rings. The molecule has 1 aromatic carbocycles. The Balaban J connectivity index is 1.59. The van der Waals surface area contributed by atoms with Crippen LogP contribution in [0.2, 0.25) is 5.02 Å². The van der Waals surface area contributed by atoms with Crippen LogP contribution in [-0.4, -0.2) is 39.1 Å². The van der Waals surface area contributed by atoms with Crippen molar-refractivity contribution < 1.29 is 4.79 Å². The van der Waals surface area contributed by atoms with Gasteiger partial charge < -0.3 is 5.32 Å². The second-order valence-corrected chi connectivity index (χ2v) is 7.12. The maximum absolute atomic E-state index is 12.4. The number of aryl methyl sites for hydroxylation is 3. The average Bonchev–Trinajstić information content (AvgIpc) is 3.17. The first-order chi connectivity index (χ1) is 11.9. The Morgan fingerprint density at radius 3 is 2.88 bits per heavy atom. The third-order valence-electron chi connectivity index (χ3n) is 4.60. The van der Waals surface area contributed by atoms with E-state index >= 15 is 0 Å². The van der Waals surface area contributed by atoms with Gasteiger partial charge in [-0.15, -0.1) is 0 Å². The molecule has 6 nitrogen and oxygen atoms in total. The van der Waals surface area contributed by atoms with Crippen molar-refractivity contribution in [1.82, 2.24) is 20.1 Å². The molecule has 1 saturated heterocycles. The Kier molecular flexibility index (Phi) is 5.39. The van der Waals surface area contributed by atoms with Crippen molar-refractivity contribution in [2.45, 2.75) is 46.1 Å². The molecule has 0 unspecified atom stereocenters. The van der Waals surface area contributed by atoms with Gasteiger partial charge in [-0.2, -0.15) is 5.10 Å². The van der Waals surface area contributed by atoms with Gasteiger partial charge in [0, 0.05) is 13.0 Å². The third-order valence-corrected chi connectivity index (χ3v) is 4.90. The number of carbonyl (C=O) groups excluding carboxylic acids is 1. The number of aromatic nitrogens is 3. The number of carbonyl (C=O) groups is 1. The number of nitrogens with zero attached hydrogens (tertiary/aromatic N) is 3. The van der Waals surface area contributed by atoms with Gasteiger partial charge in [0.1, 0.15) is 5.82 Å². The summed E-state index contributed by atoms with van der Waals surface area (Å²) in [5, 5.41) is 10.7. The van der Waals surface area contributed by atoms with Crippen LogP contribution in [0.25, 0.3) is 0 Å². The number of hydrogen-bond acceptors (Lipinski definition) is 4. The van der Waals surface area contributed by atoms with Gasteiger partial charge in [0.25, 0.3) is 0 Å². The Morgan fingerprint density at radius 1 is 1.40 bits per heavy atom. The van der Waals surface area contributed by atoms with Gasteiger partial charge in [-0.1, -0.05) is 17.7 Å². The highest BCUT2D eigenvalue weighted by Crippen LogP contribution is 2.30. The molecule has 2 aromatic rings. The summed E-state index contributed by atoms with van der Waals surface area (Å²) in [4.78, 5) is 19.1. The molecule has 2 heterocycles. The van der Waals surface area contributed by atoms with Gasteiger partial charge >= 0.3 is 0 Å². The van der Waals surface area contributed by atoms with Gasteiger partial charge in [0.2, 0.25) is 5.91 Å². The molecule has 25 heavy (non-hydrogen) atoms. The average molecular weight is 362 g/mol. The molecule has 1 amide bonds. The number of H-pyrrole nitrogens is 1. The number of amides is 1. The Morgan fingerprint density at radius 2 is 2.20 bits per heavy atom. The van der Waals surface area contributed by atoms with E-state index in [2.05, 4.69) is 25.4 Å². The van der Waals surface area contributed by atoms with E-state index in [-0.39, 0.29) is 11.9 Å². The molecule has 134 valence electrons. The number of nitrogens with one attached hydrogen (secondary N) is 2. The summed E-state index contributed by atoms with van der Waals surface area (Å²) >= 11 is 6.27. The minimum atomic E-state index is -0.0225. The topological polar surface area (TPSA) is 73.9 Å². The number of rotatable bonds is 5. The van der Waals surface area contributed by atoms with Gasteiger partial charge in [0.15, 0.2) is 5.82 Å². The molecule has 1 aliphatic heterocycles. The molecule has 2 N–H and O–H groups in total. The Hall–Kier alpha value is -1.92. The molecule has 3 rings (SSSR count). The van der Waals surface area contributed by atoms with E-state index < -0.39 is 0 Å². The van der Waals surface area contributed by atoms with Crippen LogP contribution in [-0.2, 0) is 4.79 Å². The monoisotopic (exact) mass is 361 g/mol. The predicted octanol–water partition coefficient (Wildman–Crippen LogP) is 3.55. The van der Waals surface area contributed by atoms with E-state index in [9.17, 15) is 4.79 Å². The van der Waals surface area contributed by atoms with E-state index in [0.29, 0.717) is 23.7 Å². The molecular weight excluding hydrogens is 338 g/mol. The molecule has 0 spiro atoms. The molecule has 0 saturated carbocycles. The van der Waals surface area contributed by atoms with Crippen molar-refractivity contribution in [2.24, 2.45) is 0 Å². The lowest BCUT2D eigenvalue weighted by molar-refractivity contribution is -0.116. The van der Waals surface area contributed by atoms with Crippen LogP contribution in [0.15, 0.2) is 12.1 Å². The fraction of sp³-hybridized carbons (Fsp3) is 0.500. The van der Waals surface area contributed by atoms with Crippen molar-refractivity contribution in [2.75, 3.05) is 18.4 Å². The van der Waals surface area contributed by atoms with Crippen molar-refractivity contribution in [3.8, 4) is 0 Å². The maximum Gasteiger partial charge on any atom is 0.225 e. The molecule has 1 aromatic heterocycles. The van der Waals surface area contributed by atoms with Crippen molar-refractivity contribution in [3.05, 3.63) is 39.9 Å². The van der Waals surface area contributed by atoms with E-state index in [1.807, 2.05) is 32.9 Å². The van der Waals surface area contributed by atoms with E-state index in [1.165, 1.54) is 0 Å². The van der Waals surface area contributed by atoms with Crippen molar-refractivity contribution >= 4 is 23.2 Å². The zero-order valence-electron chi connectivity index (χ0n) is 14.9. The van der Waals surface area contributed by atoms with Gasteiger partial charge in [0.05, 0.1) is 16.8 Å². The second-order valence-electron chi connectivity index (χ2n) is 6.71. The zero-order valence-corrected chi connectivity index (χ0v) is 15.7. The smallest absolute Gasteiger partial charge is 0.225 e. The Labute approximate surface area is 153 Å². The minimum absolute atomic E-state index is 0.0225. The molecular formula is C18H24ClN5O. The predicted molar refractivity (Wildman–Crippen MR) is 98.8 cm³/mol. The quantitative estimate of drug-likeness (QED) is 0.854. The SMILES string of the molecule is Cc1cc(C)c(NC(=O)CCN2CCC[C@H]2c2n[nH]c(C)n2)c(Cl)c1. The van der Waals surface area contributed by atoms with Gasteiger partial charge in [-0.25, -0.2) is 4.98 Å². The Bertz CT molecular complexity index is 750. The summed E-state index contributed by atoms with van der Waals surface area (Å²) < 4.78 is 0. The number of aromatic amines is 1. The highest BCUT2D eigenvalue weighted by molar-refractivity contribution is 6.34. The lowest BCUT2D eigenvalue weighted by Crippen LogP contribution is -2.28. The number of likely N-dealkylation sites (tertiary alicyclic amines) is 1. The van der Waals surface area contributed by atoms with Crippen LogP contribution < -0.4 is 5.32 Å². The molecule has 0 aliphatic carbocycles. The number of halogens is 1. The largest absolute Gasteiger partial charge is 0.325 e. The van der Waals surface area contributed by atoms with Crippen molar-refractivity contribution in [1.29, 1.82) is 0 Å². The lowest BCUT2D eigenvalue weighted by atomic mass is 10.1. The molecule has 1 fully saturated rings. The summed E-state index contributed by atoms with van der Waals surface area (Å²) in [5.41, 5.74) is 2.77. The first-order valence-electron chi connectivity index (χ1n) is 8.63. The van der Waals surface area contributed by atoms with Crippen LogP contribution in [0.4, 0.5) is 5.69 Å². The maximum atomic E-state index is 12.4. The second kappa shape index (κ2) is 7.54. The number of hydrogen-bond donors (Lipinski definition) is 2. The summed E-state index contributed by atoms with van der Waals surface area (Å²) in [6, 6.07) is 4.08. The van der Waals surface area contributed by atoms with Crippen LogP contribution in [0.3, 0.4) is 0 Å². The summed E-state index contributed by atoms with van der Waals surface area (Å²) in [5.74, 6) is 1.63. The number of anilines is 1. The molecule has 7 heteroatoms. The van der Waals surface area contributed by atoms with Crippen LogP contribution in [0.1, 0.15) is 48.1 Å². The van der Waals surface area contributed by atoms with E-state index in [4.69, 9.17) is 11.6 Å². The highest BCUT2D eigenvalue weighted by atomic mass is 35.5. The van der Waals surface area contributed by atoms with Crippen LogP contribution in [0.5, 0.6) is 0 Å². The number of benzene rings is 1. The molecule has 0 radical (unpaired) electrons. The first-order valence-corrected chi connectivity index (χ1v) is 9.01. The summed E-state index contributed by atoms with van der Waals surface area (Å²) in [6.45, 7) is 7.50. The molecule has 1 atom stereocenters. The summed E-state index contributed by atoms with van der Waals surface area (Å²) in [7, 11) is 0. The van der Waals surface area contributed by atoms with Crippen LogP contribution >= 0.6 is 11.6 Å². The summed E-state index contributed by atoms with van der Waals surface area (Å²) in [6.07, 6.45) is 2.55. The minimum Gasteiger partial charge on any atom is -0.325 e. The lowest BCUT2D eigenvalue weighted by Gasteiger charge is -2.22. The first kappa shape index (κ1) is 17.9. The highest BCUT2D eigenvalue weighted by Gasteiger charge is 2.29. The molecule has 0 bridgehead atoms. The standard InChI is InChI=1S/C18H24ClN5O/c1-11-9-12(2)17(14(19)10-11)21-16(25)6-8-24-7-4-5-15(24)18-20-13(3)22-23-18/h9-10,15H,4-8H2,1-3H3,(H,21,25)(H,20,22,23)/t15-/m0/s1. The third kappa shape index (κ3) is 4.19. The normalized spacial score (nSPS) is 17.8. The fourth-order valence-electron chi connectivity index (χ4n) is 3.42. The van der Waals surface area contributed by atoms with E-state index in [0.717, 1.165) is 42.2 Å². The van der Waals surface area contributed by atoms with Crippen molar-refractivity contribution in [3.63, 3.8) is 0 Å². The van der Waals surface area contributed by atoms with Crippen LogP contribution in [0, 0.1) is 20.8 Å². The van der Waals surface area contributed by atoms with Gasteiger partial charge in [-0.3, -0.25) is 14.8 Å².